The molecule has 0 aliphatic heterocycles. The van der Waals surface area contributed by atoms with Crippen molar-refractivity contribution >= 4 is 11.6 Å². The van der Waals surface area contributed by atoms with Gasteiger partial charge in [-0.2, -0.15) is 0 Å². The Morgan fingerprint density at radius 3 is 2.33 bits per heavy atom. The topological polar surface area (TPSA) is 54.4 Å². The van der Waals surface area contributed by atoms with Crippen LogP contribution in [-0.4, -0.2) is 23.3 Å². The quantitative estimate of drug-likeness (QED) is 0.752. The average Bonchev–Trinajstić information content (AvgIpc) is 2.91. The van der Waals surface area contributed by atoms with Crippen LogP contribution in [0.2, 0.25) is 0 Å². The summed E-state index contributed by atoms with van der Waals surface area (Å²) in [6.07, 6.45) is 9.85. The van der Waals surface area contributed by atoms with Crippen LogP contribution in [0.4, 0.5) is 0 Å². The number of carbonyl (C=O) groups excluding carboxylic acids is 2. The molecule has 0 aromatic carbocycles. The van der Waals surface area contributed by atoms with Crippen LogP contribution in [0.1, 0.15) is 86.0 Å². The standard InChI is InChI=1S/C24H36O3/c1-20-9-7-17(26)14-16(20)6-10-24(5)22(3)11-8-18(19(27)15-25)21(22,2)12-13-23(20,24)4/h14,18,25H,6-13,15H2,1-5H3/t18-,20-,21-,22-,23-,24-/m1/s1. The highest BCUT2D eigenvalue weighted by molar-refractivity contribution is 5.91. The van der Waals surface area contributed by atoms with Crippen LogP contribution in [0, 0.1) is 33.0 Å². The van der Waals surface area contributed by atoms with Gasteiger partial charge in [-0.05, 0) is 78.1 Å². The van der Waals surface area contributed by atoms with Crippen LogP contribution in [-0.2, 0) is 9.59 Å². The minimum absolute atomic E-state index is 0.00782. The Kier molecular flexibility index (Phi) is 3.98. The molecule has 150 valence electrons. The molecule has 0 radical (unpaired) electrons. The molecule has 0 heterocycles. The van der Waals surface area contributed by atoms with Gasteiger partial charge in [0.15, 0.2) is 11.6 Å². The molecule has 6 atom stereocenters. The van der Waals surface area contributed by atoms with Crippen molar-refractivity contribution in [3.63, 3.8) is 0 Å². The maximum absolute atomic E-state index is 12.6. The molecule has 4 rings (SSSR count). The number of fused-ring (bicyclic) bond motifs is 5. The second kappa shape index (κ2) is 5.55. The first-order valence-corrected chi connectivity index (χ1v) is 10.9. The first-order chi connectivity index (χ1) is 12.5. The molecule has 0 aromatic heterocycles. The van der Waals surface area contributed by atoms with E-state index in [0.717, 1.165) is 44.9 Å². The first-order valence-electron chi connectivity index (χ1n) is 10.9. The van der Waals surface area contributed by atoms with Gasteiger partial charge in [-0.15, -0.1) is 0 Å². The number of hydrogen-bond donors (Lipinski definition) is 1. The van der Waals surface area contributed by atoms with E-state index >= 15 is 0 Å². The van der Waals surface area contributed by atoms with Gasteiger partial charge >= 0.3 is 0 Å². The third-order valence-corrected chi connectivity index (χ3v) is 11.1. The Hall–Kier alpha value is -0.960. The van der Waals surface area contributed by atoms with E-state index in [0.29, 0.717) is 12.2 Å². The van der Waals surface area contributed by atoms with Crippen molar-refractivity contribution in [2.75, 3.05) is 6.61 Å². The summed E-state index contributed by atoms with van der Waals surface area (Å²) in [5.41, 5.74) is 1.77. The Bertz CT molecular complexity index is 738. The van der Waals surface area contributed by atoms with Gasteiger partial charge in [-0.3, -0.25) is 9.59 Å². The van der Waals surface area contributed by atoms with Crippen LogP contribution < -0.4 is 0 Å². The van der Waals surface area contributed by atoms with Gasteiger partial charge in [0.05, 0.1) is 0 Å². The third-order valence-electron chi connectivity index (χ3n) is 11.1. The Morgan fingerprint density at radius 1 is 0.963 bits per heavy atom. The molecule has 3 heteroatoms. The third kappa shape index (κ3) is 1.97. The highest BCUT2D eigenvalue weighted by Gasteiger charge is 2.74. The van der Waals surface area contributed by atoms with E-state index in [1.165, 1.54) is 5.57 Å². The summed E-state index contributed by atoms with van der Waals surface area (Å²) in [6.45, 7) is 11.9. The summed E-state index contributed by atoms with van der Waals surface area (Å²) in [5.74, 6) is 0.335. The van der Waals surface area contributed by atoms with Crippen molar-refractivity contribution in [2.45, 2.75) is 86.0 Å². The van der Waals surface area contributed by atoms with Gasteiger partial charge in [-0.1, -0.05) is 40.2 Å². The van der Waals surface area contributed by atoms with E-state index in [-0.39, 0.29) is 45.4 Å². The summed E-state index contributed by atoms with van der Waals surface area (Å²) in [5, 5.41) is 9.56. The fourth-order valence-corrected chi connectivity index (χ4v) is 8.56. The maximum atomic E-state index is 12.6. The van der Waals surface area contributed by atoms with E-state index in [2.05, 4.69) is 34.6 Å². The van der Waals surface area contributed by atoms with E-state index in [1.54, 1.807) is 0 Å². The van der Waals surface area contributed by atoms with Crippen molar-refractivity contribution in [3.05, 3.63) is 11.6 Å². The number of allylic oxidation sites excluding steroid dienone is 1. The normalized spacial score (nSPS) is 51.9. The van der Waals surface area contributed by atoms with Crippen LogP contribution >= 0.6 is 0 Å². The molecule has 0 aromatic rings. The zero-order valence-corrected chi connectivity index (χ0v) is 17.8. The Labute approximate surface area is 164 Å². The van der Waals surface area contributed by atoms with Gasteiger partial charge < -0.3 is 5.11 Å². The lowest BCUT2D eigenvalue weighted by molar-refractivity contribution is -0.226. The molecule has 3 saturated carbocycles. The molecule has 3 fully saturated rings. The molecule has 0 unspecified atom stereocenters. The smallest absolute Gasteiger partial charge is 0.161 e. The average molecular weight is 373 g/mol. The lowest BCUT2D eigenvalue weighted by atomic mass is 9.31. The Morgan fingerprint density at radius 2 is 1.67 bits per heavy atom. The molecular formula is C24H36O3. The van der Waals surface area contributed by atoms with E-state index in [1.807, 2.05) is 6.08 Å². The molecule has 0 amide bonds. The minimum atomic E-state index is -0.322. The summed E-state index contributed by atoms with van der Waals surface area (Å²) in [6, 6.07) is 0. The van der Waals surface area contributed by atoms with Crippen LogP contribution in [0.5, 0.6) is 0 Å². The number of carbonyl (C=O) groups is 2. The van der Waals surface area contributed by atoms with E-state index < -0.39 is 0 Å². The van der Waals surface area contributed by atoms with Crippen molar-refractivity contribution in [1.29, 1.82) is 0 Å². The molecule has 0 bridgehead atoms. The fourth-order valence-electron chi connectivity index (χ4n) is 8.56. The zero-order valence-electron chi connectivity index (χ0n) is 17.8. The predicted octanol–water partition coefficient (Wildman–Crippen LogP) is 4.87. The van der Waals surface area contributed by atoms with Gasteiger partial charge in [0.2, 0.25) is 0 Å². The van der Waals surface area contributed by atoms with Gasteiger partial charge in [0, 0.05) is 12.3 Å². The van der Waals surface area contributed by atoms with Crippen LogP contribution in [0.25, 0.3) is 0 Å². The predicted molar refractivity (Wildman–Crippen MR) is 106 cm³/mol. The molecule has 27 heavy (non-hydrogen) atoms. The van der Waals surface area contributed by atoms with Crippen molar-refractivity contribution < 1.29 is 14.7 Å². The Balaban J connectivity index is 1.84. The first kappa shape index (κ1) is 19.4. The number of aliphatic hydroxyl groups excluding tert-OH is 1. The summed E-state index contributed by atoms with van der Waals surface area (Å²) >= 11 is 0. The van der Waals surface area contributed by atoms with Crippen LogP contribution in [0.3, 0.4) is 0 Å². The lowest BCUT2D eigenvalue weighted by Crippen LogP contribution is -2.66. The lowest BCUT2D eigenvalue weighted by Gasteiger charge is -2.73. The molecule has 4 aliphatic rings. The van der Waals surface area contributed by atoms with Gasteiger partial charge in [-0.25, -0.2) is 0 Å². The highest BCUT2D eigenvalue weighted by Crippen LogP contribution is 2.81. The SMILES string of the molecule is C[C@]12CCC3=CC(=O)CC[C@@]3(C)[C@@]1(C)CC[C@]1(C)[C@@H](C(=O)CO)CC[C@@]21C. The fraction of sp³-hybridized carbons (Fsp3) is 0.833. The highest BCUT2D eigenvalue weighted by atomic mass is 16.3. The number of ketones is 2. The van der Waals surface area contributed by atoms with Crippen molar-refractivity contribution in [2.24, 2.45) is 33.0 Å². The molecular weight excluding hydrogens is 336 g/mol. The summed E-state index contributed by atoms with van der Waals surface area (Å²) in [7, 11) is 0. The van der Waals surface area contributed by atoms with Gasteiger partial charge in [0.1, 0.15) is 6.61 Å². The number of rotatable bonds is 2. The largest absolute Gasteiger partial charge is 0.389 e. The zero-order chi connectivity index (χ0) is 19.9. The molecule has 3 nitrogen and oxygen atoms in total. The monoisotopic (exact) mass is 372 g/mol. The van der Waals surface area contributed by atoms with Crippen molar-refractivity contribution in [3.8, 4) is 0 Å². The minimum Gasteiger partial charge on any atom is -0.389 e. The summed E-state index contributed by atoms with van der Waals surface area (Å²) in [4.78, 5) is 24.7. The van der Waals surface area contributed by atoms with E-state index in [9.17, 15) is 14.7 Å². The van der Waals surface area contributed by atoms with Crippen LogP contribution in [0.15, 0.2) is 11.6 Å². The van der Waals surface area contributed by atoms with Gasteiger partial charge in [0.25, 0.3) is 0 Å². The van der Waals surface area contributed by atoms with E-state index in [4.69, 9.17) is 0 Å². The molecule has 0 saturated heterocycles. The maximum Gasteiger partial charge on any atom is 0.161 e. The second-order valence-electron chi connectivity index (χ2n) is 11.1. The van der Waals surface area contributed by atoms with Crippen molar-refractivity contribution in [1.82, 2.24) is 0 Å². The molecule has 0 spiro atoms. The summed E-state index contributed by atoms with van der Waals surface area (Å²) < 4.78 is 0. The number of aliphatic hydroxyl groups is 1. The number of Topliss-reactive ketones (excluding diaryl/α,β-unsaturated/α-hetero) is 1. The second-order valence-corrected chi connectivity index (χ2v) is 11.1. The molecule has 1 N–H and O–H groups in total. The molecule has 4 aliphatic carbocycles. The number of hydrogen-bond acceptors (Lipinski definition) is 3.